The van der Waals surface area contributed by atoms with Gasteiger partial charge in [0.05, 0.1) is 24.5 Å². The van der Waals surface area contributed by atoms with E-state index in [1.165, 1.54) is 13.8 Å². The lowest BCUT2D eigenvalue weighted by atomic mass is 9.96. The van der Waals surface area contributed by atoms with Gasteiger partial charge in [0.25, 0.3) is 5.91 Å². The Kier molecular flexibility index (Phi) is 5.38. The maximum absolute atomic E-state index is 14.3. The third kappa shape index (κ3) is 4.40. The lowest BCUT2D eigenvalue weighted by Crippen LogP contribution is -2.41. The SMILES string of the molecule is CC(C)(O)c1cc(F)cc(F)c1Nc1cccc(C(=O)N2CCOCC2)n1. The number of halogens is 2. The molecule has 2 N–H and O–H groups in total. The van der Waals surface area contributed by atoms with Gasteiger partial charge in [0.2, 0.25) is 0 Å². The maximum atomic E-state index is 14.3. The number of rotatable bonds is 4. The molecule has 2 aromatic rings. The summed E-state index contributed by atoms with van der Waals surface area (Å²) in [5.41, 5.74) is -1.32. The molecular formula is C19H21F2N3O3. The molecule has 2 heterocycles. The molecule has 1 amide bonds. The highest BCUT2D eigenvalue weighted by molar-refractivity contribution is 5.92. The third-order valence-corrected chi connectivity index (χ3v) is 4.23. The van der Waals surface area contributed by atoms with E-state index in [0.29, 0.717) is 26.3 Å². The van der Waals surface area contributed by atoms with Gasteiger partial charge in [0.1, 0.15) is 23.1 Å². The van der Waals surface area contributed by atoms with Crippen LogP contribution < -0.4 is 5.32 Å². The Morgan fingerprint density at radius 3 is 2.63 bits per heavy atom. The van der Waals surface area contributed by atoms with Crippen LogP contribution in [-0.4, -0.2) is 47.2 Å². The van der Waals surface area contributed by atoms with E-state index in [-0.39, 0.29) is 28.7 Å². The number of hydrogen-bond acceptors (Lipinski definition) is 5. The van der Waals surface area contributed by atoms with Crippen molar-refractivity contribution >= 4 is 17.4 Å². The highest BCUT2D eigenvalue weighted by Gasteiger charge is 2.25. The van der Waals surface area contributed by atoms with Crippen molar-refractivity contribution in [3.63, 3.8) is 0 Å². The van der Waals surface area contributed by atoms with Crippen molar-refractivity contribution in [3.05, 3.63) is 53.2 Å². The van der Waals surface area contributed by atoms with Crippen LogP contribution in [0.25, 0.3) is 0 Å². The molecule has 0 unspecified atom stereocenters. The second kappa shape index (κ2) is 7.58. The van der Waals surface area contributed by atoms with Gasteiger partial charge in [0, 0.05) is 24.7 Å². The number of anilines is 2. The van der Waals surface area contributed by atoms with E-state index in [9.17, 15) is 18.7 Å². The zero-order chi connectivity index (χ0) is 19.6. The molecule has 1 saturated heterocycles. The fourth-order valence-corrected chi connectivity index (χ4v) is 2.86. The smallest absolute Gasteiger partial charge is 0.272 e. The summed E-state index contributed by atoms with van der Waals surface area (Å²) in [5.74, 6) is -1.69. The van der Waals surface area contributed by atoms with Crippen LogP contribution in [0.2, 0.25) is 0 Å². The number of amides is 1. The van der Waals surface area contributed by atoms with Gasteiger partial charge in [-0.05, 0) is 32.0 Å². The molecule has 27 heavy (non-hydrogen) atoms. The maximum Gasteiger partial charge on any atom is 0.272 e. The number of nitrogens with one attached hydrogen (secondary N) is 1. The number of morpholine rings is 1. The van der Waals surface area contributed by atoms with Gasteiger partial charge in [0.15, 0.2) is 0 Å². The standard InChI is InChI=1S/C19H21F2N3O3/c1-19(2,26)13-10-12(20)11-14(21)17(13)23-16-5-3-4-15(22-16)18(25)24-6-8-27-9-7-24/h3-5,10-11,26H,6-9H2,1-2H3,(H,22,23). The molecule has 0 atom stereocenters. The van der Waals surface area contributed by atoms with E-state index in [2.05, 4.69) is 10.3 Å². The summed E-state index contributed by atoms with van der Waals surface area (Å²) < 4.78 is 33.2. The number of aliphatic hydroxyl groups is 1. The molecule has 6 nitrogen and oxygen atoms in total. The van der Waals surface area contributed by atoms with Crippen molar-refractivity contribution in [1.29, 1.82) is 0 Å². The second-order valence-corrected chi connectivity index (χ2v) is 6.81. The molecular weight excluding hydrogens is 356 g/mol. The number of hydrogen-bond donors (Lipinski definition) is 2. The van der Waals surface area contributed by atoms with E-state index in [1.807, 2.05) is 0 Å². The normalized spacial score (nSPS) is 14.9. The van der Waals surface area contributed by atoms with Crippen LogP contribution >= 0.6 is 0 Å². The van der Waals surface area contributed by atoms with Gasteiger partial charge in [-0.2, -0.15) is 0 Å². The predicted octanol–water partition coefficient (Wildman–Crippen LogP) is 2.80. The quantitative estimate of drug-likeness (QED) is 0.857. The van der Waals surface area contributed by atoms with Crippen molar-refractivity contribution in [1.82, 2.24) is 9.88 Å². The monoisotopic (exact) mass is 377 g/mol. The largest absolute Gasteiger partial charge is 0.386 e. The fraction of sp³-hybridized carbons (Fsp3) is 0.368. The number of aromatic nitrogens is 1. The van der Waals surface area contributed by atoms with Crippen molar-refractivity contribution in [3.8, 4) is 0 Å². The van der Waals surface area contributed by atoms with Crippen LogP contribution in [0.3, 0.4) is 0 Å². The molecule has 1 aliphatic rings. The molecule has 0 saturated carbocycles. The molecule has 1 fully saturated rings. The molecule has 0 aliphatic carbocycles. The Morgan fingerprint density at radius 2 is 1.96 bits per heavy atom. The topological polar surface area (TPSA) is 74.7 Å². The van der Waals surface area contributed by atoms with Crippen molar-refractivity contribution in [2.24, 2.45) is 0 Å². The number of carbonyl (C=O) groups excluding carboxylic acids is 1. The van der Waals surface area contributed by atoms with Gasteiger partial charge in [-0.3, -0.25) is 4.79 Å². The van der Waals surface area contributed by atoms with Crippen LogP contribution in [0.4, 0.5) is 20.3 Å². The van der Waals surface area contributed by atoms with E-state index in [0.717, 1.165) is 12.1 Å². The summed E-state index contributed by atoms with van der Waals surface area (Å²) in [4.78, 5) is 18.4. The van der Waals surface area contributed by atoms with Crippen LogP contribution in [0, 0.1) is 11.6 Å². The molecule has 1 aromatic carbocycles. The summed E-state index contributed by atoms with van der Waals surface area (Å²) in [6, 6.07) is 6.54. The lowest BCUT2D eigenvalue weighted by Gasteiger charge is -2.26. The fourth-order valence-electron chi connectivity index (χ4n) is 2.86. The summed E-state index contributed by atoms with van der Waals surface area (Å²) in [7, 11) is 0. The van der Waals surface area contributed by atoms with Crippen LogP contribution in [0.5, 0.6) is 0 Å². The average Bonchev–Trinajstić information content (AvgIpc) is 2.63. The number of nitrogens with zero attached hydrogens (tertiary/aromatic N) is 2. The minimum absolute atomic E-state index is 0.0479. The Morgan fingerprint density at radius 1 is 1.26 bits per heavy atom. The van der Waals surface area contributed by atoms with Gasteiger partial charge in [-0.15, -0.1) is 0 Å². The first kappa shape index (κ1) is 19.2. The lowest BCUT2D eigenvalue weighted by molar-refractivity contribution is 0.0299. The number of benzene rings is 1. The van der Waals surface area contributed by atoms with Crippen LogP contribution in [-0.2, 0) is 10.3 Å². The first-order valence-corrected chi connectivity index (χ1v) is 8.59. The number of ether oxygens (including phenoxy) is 1. The Balaban J connectivity index is 1.90. The Labute approximate surface area is 155 Å². The highest BCUT2D eigenvalue weighted by atomic mass is 19.1. The Hall–Kier alpha value is -2.58. The van der Waals surface area contributed by atoms with Gasteiger partial charge in [-0.1, -0.05) is 6.07 Å². The van der Waals surface area contributed by atoms with E-state index >= 15 is 0 Å². The summed E-state index contributed by atoms with van der Waals surface area (Å²) >= 11 is 0. The summed E-state index contributed by atoms with van der Waals surface area (Å²) in [6.07, 6.45) is 0. The molecule has 8 heteroatoms. The van der Waals surface area contributed by atoms with E-state index < -0.39 is 17.2 Å². The molecule has 0 spiro atoms. The molecule has 0 bridgehead atoms. The van der Waals surface area contributed by atoms with Crippen LogP contribution in [0.1, 0.15) is 29.9 Å². The number of pyridine rings is 1. The van der Waals surface area contributed by atoms with Crippen molar-refractivity contribution in [2.75, 3.05) is 31.6 Å². The first-order valence-electron chi connectivity index (χ1n) is 8.59. The van der Waals surface area contributed by atoms with Crippen molar-refractivity contribution in [2.45, 2.75) is 19.4 Å². The van der Waals surface area contributed by atoms with E-state index in [4.69, 9.17) is 4.74 Å². The first-order chi connectivity index (χ1) is 12.8. The molecule has 0 radical (unpaired) electrons. The van der Waals surface area contributed by atoms with Crippen molar-refractivity contribution < 1.29 is 23.4 Å². The highest BCUT2D eigenvalue weighted by Crippen LogP contribution is 2.32. The molecule has 1 aromatic heterocycles. The average molecular weight is 377 g/mol. The zero-order valence-electron chi connectivity index (χ0n) is 15.1. The predicted molar refractivity (Wildman–Crippen MR) is 95.8 cm³/mol. The molecule has 144 valence electrons. The van der Waals surface area contributed by atoms with Crippen LogP contribution in [0.15, 0.2) is 30.3 Å². The minimum atomic E-state index is -1.48. The second-order valence-electron chi connectivity index (χ2n) is 6.81. The van der Waals surface area contributed by atoms with Gasteiger partial charge < -0.3 is 20.1 Å². The molecule has 1 aliphatic heterocycles. The molecule has 3 rings (SSSR count). The van der Waals surface area contributed by atoms with Gasteiger partial charge >= 0.3 is 0 Å². The third-order valence-electron chi connectivity index (χ3n) is 4.23. The summed E-state index contributed by atoms with van der Waals surface area (Å²) in [6.45, 7) is 4.76. The van der Waals surface area contributed by atoms with E-state index in [1.54, 1.807) is 23.1 Å². The summed E-state index contributed by atoms with van der Waals surface area (Å²) in [5, 5.41) is 13.0. The zero-order valence-corrected chi connectivity index (χ0v) is 15.1. The number of carbonyl (C=O) groups is 1. The van der Waals surface area contributed by atoms with Gasteiger partial charge in [-0.25, -0.2) is 13.8 Å². The minimum Gasteiger partial charge on any atom is -0.386 e. The Bertz CT molecular complexity index is 847.